The van der Waals surface area contributed by atoms with E-state index >= 15 is 0 Å². The van der Waals surface area contributed by atoms with Gasteiger partial charge in [0.05, 0.1) is 6.04 Å². The summed E-state index contributed by atoms with van der Waals surface area (Å²) in [6.07, 6.45) is 0.955. The molecule has 118 valence electrons. The van der Waals surface area contributed by atoms with Crippen molar-refractivity contribution in [2.75, 3.05) is 0 Å². The maximum absolute atomic E-state index is 5.97. The molecular formula is C15H20ClN5S. The molecule has 7 heteroatoms. The third-order valence-electron chi connectivity index (χ3n) is 4.04. The molecule has 5 nitrogen and oxygen atoms in total. The van der Waals surface area contributed by atoms with E-state index in [9.17, 15) is 0 Å². The van der Waals surface area contributed by atoms with Gasteiger partial charge in [0, 0.05) is 16.8 Å². The van der Waals surface area contributed by atoms with Gasteiger partial charge in [0.1, 0.15) is 0 Å². The van der Waals surface area contributed by atoms with Crippen LogP contribution in [0.2, 0.25) is 5.02 Å². The Balaban J connectivity index is 1.94. The summed E-state index contributed by atoms with van der Waals surface area (Å²) in [5.41, 5.74) is 7.85. The fourth-order valence-electron chi connectivity index (χ4n) is 2.68. The highest BCUT2D eigenvalue weighted by atomic mass is 35.5. The first-order chi connectivity index (χ1) is 10.4. The third kappa shape index (κ3) is 2.96. The molecule has 22 heavy (non-hydrogen) atoms. The van der Waals surface area contributed by atoms with Crippen LogP contribution in [0.25, 0.3) is 5.69 Å². The fourth-order valence-corrected chi connectivity index (χ4v) is 3.05. The Morgan fingerprint density at radius 3 is 2.50 bits per heavy atom. The molecule has 3 N–H and O–H groups in total. The number of aromatic amines is 1. The summed E-state index contributed by atoms with van der Waals surface area (Å²) >= 11 is 11.4. The Morgan fingerprint density at radius 2 is 1.91 bits per heavy atom. The zero-order valence-corrected chi connectivity index (χ0v) is 14.4. The van der Waals surface area contributed by atoms with Crippen LogP contribution in [-0.2, 0) is 0 Å². The number of hydrogen-bond donors (Lipinski definition) is 3. The number of hydrogen-bond acceptors (Lipinski definition) is 4. The van der Waals surface area contributed by atoms with Crippen LogP contribution in [0.4, 0.5) is 0 Å². The second-order valence-corrected chi connectivity index (χ2v) is 7.52. The van der Waals surface area contributed by atoms with Crippen LogP contribution in [0.3, 0.4) is 0 Å². The Labute approximate surface area is 140 Å². The Hall–Kier alpha value is -1.21. The molecule has 0 saturated carbocycles. The van der Waals surface area contributed by atoms with Crippen molar-refractivity contribution in [1.29, 1.82) is 0 Å². The van der Waals surface area contributed by atoms with Crippen LogP contribution in [0.15, 0.2) is 24.3 Å². The summed E-state index contributed by atoms with van der Waals surface area (Å²) in [4.78, 5) is 0. The van der Waals surface area contributed by atoms with Gasteiger partial charge in [-0.3, -0.25) is 15.1 Å². The molecule has 1 aliphatic heterocycles. The molecule has 1 aliphatic rings. The van der Waals surface area contributed by atoms with Crippen LogP contribution >= 0.6 is 23.8 Å². The third-order valence-corrected chi connectivity index (χ3v) is 4.57. The van der Waals surface area contributed by atoms with Gasteiger partial charge in [0.25, 0.3) is 0 Å². The number of rotatable bonds is 2. The van der Waals surface area contributed by atoms with E-state index in [1.165, 1.54) is 0 Å². The minimum absolute atomic E-state index is 0.104. The molecule has 3 rings (SSSR count). The molecule has 0 aliphatic carbocycles. The van der Waals surface area contributed by atoms with Gasteiger partial charge in [0.15, 0.2) is 10.6 Å². The van der Waals surface area contributed by atoms with E-state index in [0.29, 0.717) is 15.8 Å². The fraction of sp³-hybridized carbons (Fsp3) is 0.467. The van der Waals surface area contributed by atoms with Gasteiger partial charge in [-0.25, -0.2) is 5.43 Å². The molecule has 2 atom stereocenters. The highest BCUT2D eigenvalue weighted by Crippen LogP contribution is 2.31. The van der Waals surface area contributed by atoms with Crippen LogP contribution in [0.5, 0.6) is 0 Å². The van der Waals surface area contributed by atoms with Gasteiger partial charge in [0.2, 0.25) is 0 Å². The van der Waals surface area contributed by atoms with E-state index < -0.39 is 0 Å². The molecule has 0 radical (unpaired) electrons. The van der Waals surface area contributed by atoms with Gasteiger partial charge in [-0.15, -0.1) is 0 Å². The Kier molecular flexibility index (Phi) is 4.11. The summed E-state index contributed by atoms with van der Waals surface area (Å²) in [5, 5.41) is 8.02. The lowest BCUT2D eigenvalue weighted by Gasteiger charge is -2.25. The van der Waals surface area contributed by atoms with Crippen molar-refractivity contribution in [2.45, 2.75) is 39.3 Å². The second-order valence-electron chi connectivity index (χ2n) is 6.69. The molecule has 1 aromatic carbocycles. The maximum atomic E-state index is 5.97. The quantitative estimate of drug-likeness (QED) is 0.734. The summed E-state index contributed by atoms with van der Waals surface area (Å²) in [7, 11) is 0. The van der Waals surface area contributed by atoms with Crippen molar-refractivity contribution in [3.05, 3.63) is 39.9 Å². The second kappa shape index (κ2) is 5.77. The zero-order chi connectivity index (χ0) is 15.9. The van der Waals surface area contributed by atoms with Crippen molar-refractivity contribution in [3.8, 4) is 5.69 Å². The largest absolute Gasteiger partial charge is 0.271 e. The van der Waals surface area contributed by atoms with E-state index in [4.69, 9.17) is 23.8 Å². The van der Waals surface area contributed by atoms with Gasteiger partial charge in [-0.2, -0.15) is 5.10 Å². The molecule has 2 unspecified atom stereocenters. The van der Waals surface area contributed by atoms with E-state index in [-0.39, 0.29) is 11.5 Å². The topological polar surface area (TPSA) is 57.7 Å². The zero-order valence-electron chi connectivity index (χ0n) is 12.9. The van der Waals surface area contributed by atoms with Crippen molar-refractivity contribution in [1.82, 2.24) is 25.6 Å². The minimum Gasteiger partial charge on any atom is -0.271 e. The lowest BCUT2D eigenvalue weighted by molar-refractivity contribution is 0.285. The van der Waals surface area contributed by atoms with Gasteiger partial charge >= 0.3 is 0 Å². The highest BCUT2D eigenvalue weighted by Gasteiger charge is 2.35. The first-order valence-electron chi connectivity index (χ1n) is 7.30. The van der Waals surface area contributed by atoms with Crippen LogP contribution < -0.4 is 10.9 Å². The van der Waals surface area contributed by atoms with E-state index in [0.717, 1.165) is 17.9 Å². The van der Waals surface area contributed by atoms with Crippen LogP contribution in [0, 0.1) is 10.2 Å². The Morgan fingerprint density at radius 1 is 1.23 bits per heavy atom. The number of aromatic nitrogens is 3. The number of hydrazine groups is 1. The summed E-state index contributed by atoms with van der Waals surface area (Å²) in [5.74, 6) is 0.881. The summed E-state index contributed by atoms with van der Waals surface area (Å²) < 4.78 is 2.54. The lowest BCUT2D eigenvalue weighted by Crippen LogP contribution is -2.39. The average Bonchev–Trinajstić information content (AvgIpc) is 3.06. The van der Waals surface area contributed by atoms with Crippen LogP contribution in [-0.4, -0.2) is 20.8 Å². The van der Waals surface area contributed by atoms with Crippen molar-refractivity contribution in [3.63, 3.8) is 0 Å². The van der Waals surface area contributed by atoms with Crippen molar-refractivity contribution < 1.29 is 0 Å². The number of nitrogens with zero attached hydrogens (tertiary/aromatic N) is 2. The molecule has 1 fully saturated rings. The number of nitrogens with one attached hydrogen (secondary N) is 3. The molecule has 2 heterocycles. The van der Waals surface area contributed by atoms with Crippen LogP contribution in [0.1, 0.15) is 39.1 Å². The maximum Gasteiger partial charge on any atom is 0.199 e. The number of benzene rings is 1. The van der Waals surface area contributed by atoms with Gasteiger partial charge < -0.3 is 0 Å². The number of H-pyrrole nitrogens is 1. The monoisotopic (exact) mass is 337 g/mol. The molecule has 0 spiro atoms. The first kappa shape index (κ1) is 15.7. The molecule has 1 aromatic heterocycles. The van der Waals surface area contributed by atoms with Gasteiger partial charge in [-0.1, -0.05) is 32.4 Å². The minimum atomic E-state index is 0.104. The summed E-state index contributed by atoms with van der Waals surface area (Å²) in [6, 6.07) is 8.08. The van der Waals surface area contributed by atoms with E-state index in [1.54, 1.807) is 0 Å². The molecule has 0 bridgehead atoms. The average molecular weight is 338 g/mol. The van der Waals surface area contributed by atoms with E-state index in [2.05, 4.69) is 41.8 Å². The normalized spacial score (nSPS) is 22.2. The highest BCUT2D eigenvalue weighted by molar-refractivity contribution is 7.71. The molecule has 2 aromatic rings. The predicted molar refractivity (Wildman–Crippen MR) is 90.6 cm³/mol. The smallest absolute Gasteiger partial charge is 0.199 e. The summed E-state index contributed by atoms with van der Waals surface area (Å²) in [6.45, 7) is 6.68. The first-order valence-corrected chi connectivity index (χ1v) is 8.09. The predicted octanol–water partition coefficient (Wildman–Crippen LogP) is 3.54. The van der Waals surface area contributed by atoms with Crippen molar-refractivity contribution >= 4 is 23.8 Å². The van der Waals surface area contributed by atoms with Gasteiger partial charge in [-0.05, 0) is 48.3 Å². The standard InChI is InChI=1S/C15H20ClN5S/c1-15(2,3)12-8-11(17-18-12)13-19-20-14(22)21(13)10-6-4-9(16)5-7-10/h4-7,11-12,17-18H,8H2,1-3H3,(H,20,22). The van der Waals surface area contributed by atoms with E-state index in [1.807, 2.05) is 28.8 Å². The molecule has 1 saturated heterocycles. The molecular weight excluding hydrogens is 318 g/mol. The molecule has 0 amide bonds. The van der Waals surface area contributed by atoms with Crippen molar-refractivity contribution in [2.24, 2.45) is 5.41 Å². The number of halogens is 1. The Bertz CT molecular complexity index is 713. The SMILES string of the molecule is CC(C)(C)C1CC(c2n[nH]c(=S)n2-c2ccc(Cl)cc2)NN1. The lowest BCUT2D eigenvalue weighted by atomic mass is 9.84.